The molecule has 8 nitrogen and oxygen atoms in total. The zero-order valence-corrected chi connectivity index (χ0v) is 21.9. The number of esters is 1. The average Bonchev–Trinajstić information content (AvgIpc) is 2.94. The van der Waals surface area contributed by atoms with Gasteiger partial charge in [-0.15, -0.1) is 13.2 Å². The molecule has 41 heavy (non-hydrogen) atoms. The minimum Gasteiger partial charge on any atom is -0.475 e. The number of pyridine rings is 2. The highest BCUT2D eigenvalue weighted by Crippen LogP contribution is 2.31. The molecule has 0 bridgehead atoms. The van der Waals surface area contributed by atoms with Gasteiger partial charge in [0.25, 0.3) is 0 Å². The number of nitrogens with one attached hydrogen (secondary N) is 1. The lowest BCUT2D eigenvalue weighted by Gasteiger charge is -2.12. The van der Waals surface area contributed by atoms with E-state index in [2.05, 4.69) is 20.0 Å². The number of fused-ring (bicyclic) bond motifs is 3. The summed E-state index contributed by atoms with van der Waals surface area (Å²) < 4.78 is 84.0. The third-order valence-electron chi connectivity index (χ3n) is 5.95. The van der Waals surface area contributed by atoms with Gasteiger partial charge in [-0.1, -0.05) is 6.07 Å². The summed E-state index contributed by atoms with van der Waals surface area (Å²) in [5, 5.41) is 5.39. The zero-order chi connectivity index (χ0) is 29.4. The van der Waals surface area contributed by atoms with E-state index in [-0.39, 0.29) is 18.7 Å². The number of nitrogens with zero attached hydrogens (tertiary/aromatic N) is 2. The monoisotopic (exact) mass is 579 g/mol. The first-order chi connectivity index (χ1) is 19.7. The van der Waals surface area contributed by atoms with Gasteiger partial charge in [0.05, 0.1) is 24.8 Å². The molecule has 0 fully saturated rings. The van der Waals surface area contributed by atoms with E-state index in [1.54, 1.807) is 36.7 Å². The summed E-state index contributed by atoms with van der Waals surface area (Å²) in [6.07, 6.45) is -0.466. The summed E-state index contributed by atoms with van der Waals surface area (Å²) in [6, 6.07) is 8.48. The molecular formula is C28H26F5N3O5. The van der Waals surface area contributed by atoms with Gasteiger partial charge in [-0.2, -0.15) is 0 Å². The van der Waals surface area contributed by atoms with Crippen molar-refractivity contribution < 1.29 is 45.7 Å². The zero-order valence-electron chi connectivity index (χ0n) is 21.9. The number of rotatable bonds is 13. The van der Waals surface area contributed by atoms with Crippen molar-refractivity contribution in [2.24, 2.45) is 0 Å². The van der Waals surface area contributed by atoms with Crippen LogP contribution in [0.25, 0.3) is 21.7 Å². The van der Waals surface area contributed by atoms with Gasteiger partial charge in [0.1, 0.15) is 6.61 Å². The first-order valence-corrected chi connectivity index (χ1v) is 12.6. The molecule has 4 aromatic rings. The van der Waals surface area contributed by atoms with Gasteiger partial charge in [-0.05, 0) is 55.3 Å². The summed E-state index contributed by atoms with van der Waals surface area (Å²) in [5.41, 5.74) is 1.08. The maximum atomic E-state index is 13.8. The third-order valence-corrected chi connectivity index (χ3v) is 5.95. The average molecular weight is 580 g/mol. The van der Waals surface area contributed by atoms with Crippen LogP contribution < -0.4 is 14.8 Å². The number of methoxy groups -OCH3 is 1. The molecule has 0 aliphatic heterocycles. The second kappa shape index (κ2) is 13.5. The maximum absolute atomic E-state index is 13.8. The van der Waals surface area contributed by atoms with E-state index in [9.17, 15) is 26.7 Å². The highest BCUT2D eigenvalue weighted by atomic mass is 19.4. The number of hydrogen-bond donors (Lipinski definition) is 1. The van der Waals surface area contributed by atoms with Crippen LogP contribution in [0.3, 0.4) is 0 Å². The highest BCUT2D eigenvalue weighted by Gasteiger charge is 2.34. The number of alkyl halides is 3. The summed E-state index contributed by atoms with van der Waals surface area (Å²) in [4.78, 5) is 20.7. The van der Waals surface area contributed by atoms with Gasteiger partial charge < -0.3 is 24.3 Å². The van der Waals surface area contributed by atoms with Crippen molar-refractivity contribution in [2.45, 2.75) is 25.7 Å². The largest absolute Gasteiger partial charge is 0.573 e. The van der Waals surface area contributed by atoms with Gasteiger partial charge in [0, 0.05) is 41.7 Å². The van der Waals surface area contributed by atoms with Crippen molar-refractivity contribution in [1.29, 1.82) is 0 Å². The quantitative estimate of drug-likeness (QED) is 0.0932. The molecule has 1 N–H and O–H groups in total. The minimum absolute atomic E-state index is 0.0677. The molecule has 2 heterocycles. The summed E-state index contributed by atoms with van der Waals surface area (Å²) in [7, 11) is 1.31. The molecule has 218 valence electrons. The SMILES string of the molecule is COC(=O)c1ccc2c(c1)nc(OCCOCCCCNCc1cc(F)c(OC(F)(F)F)c(F)c1)c1ccncc12. The predicted molar refractivity (Wildman–Crippen MR) is 139 cm³/mol. The van der Waals surface area contributed by atoms with Crippen LogP contribution >= 0.6 is 0 Å². The Hall–Kier alpha value is -4.10. The maximum Gasteiger partial charge on any atom is 0.573 e. The second-order valence-corrected chi connectivity index (χ2v) is 8.84. The van der Waals surface area contributed by atoms with Crippen molar-refractivity contribution in [1.82, 2.24) is 15.3 Å². The fourth-order valence-corrected chi connectivity index (χ4v) is 4.09. The van der Waals surface area contributed by atoms with Crippen LogP contribution in [0.5, 0.6) is 11.6 Å². The predicted octanol–water partition coefficient (Wildman–Crippen LogP) is 5.71. The molecule has 0 amide bonds. The number of unbranched alkanes of at least 4 members (excludes halogenated alkanes) is 1. The fourth-order valence-electron chi connectivity index (χ4n) is 4.09. The Balaban J connectivity index is 1.19. The summed E-state index contributed by atoms with van der Waals surface area (Å²) in [6.45, 7) is 1.54. The highest BCUT2D eigenvalue weighted by molar-refractivity contribution is 6.08. The van der Waals surface area contributed by atoms with Crippen LogP contribution in [0.1, 0.15) is 28.8 Å². The lowest BCUT2D eigenvalue weighted by atomic mass is 10.1. The van der Waals surface area contributed by atoms with Crippen LogP contribution in [-0.2, 0) is 16.0 Å². The van der Waals surface area contributed by atoms with Gasteiger partial charge in [0.15, 0.2) is 11.6 Å². The Morgan fingerprint density at radius 3 is 2.46 bits per heavy atom. The smallest absolute Gasteiger partial charge is 0.475 e. The first-order valence-electron chi connectivity index (χ1n) is 12.6. The molecular weight excluding hydrogens is 553 g/mol. The van der Waals surface area contributed by atoms with E-state index >= 15 is 0 Å². The Morgan fingerprint density at radius 1 is 0.951 bits per heavy atom. The molecule has 0 saturated carbocycles. The van der Waals surface area contributed by atoms with Crippen molar-refractivity contribution in [3.05, 3.63) is 71.6 Å². The molecule has 2 aromatic heterocycles. The minimum atomic E-state index is -5.19. The molecule has 0 unspecified atom stereocenters. The standard InChI is InChI=1S/C28H26F5N3O5/c1-38-27(37)18-4-5-19-21-16-35-8-6-20(21)26(36-24(19)14-18)40-11-10-39-9-3-2-7-34-15-17-12-22(29)25(23(30)13-17)41-28(31,32)33/h4-6,8,12-14,16,34H,2-3,7,9-11,15H2,1H3. The van der Waals surface area contributed by atoms with Gasteiger partial charge in [0.2, 0.25) is 11.6 Å². The van der Waals surface area contributed by atoms with E-state index in [1.807, 2.05) is 0 Å². The molecule has 13 heteroatoms. The van der Waals surface area contributed by atoms with E-state index in [0.29, 0.717) is 49.6 Å². The number of benzene rings is 2. The molecule has 0 saturated heterocycles. The van der Waals surface area contributed by atoms with Crippen LogP contribution in [0.4, 0.5) is 22.0 Å². The number of carbonyl (C=O) groups is 1. The molecule has 4 rings (SSSR count). The molecule has 0 aliphatic rings. The van der Waals surface area contributed by atoms with Gasteiger partial charge in [-0.25, -0.2) is 18.6 Å². The Kier molecular flexibility index (Phi) is 9.84. The molecule has 0 radical (unpaired) electrons. The normalized spacial score (nSPS) is 11.7. The molecule has 0 spiro atoms. The molecule has 0 aliphatic carbocycles. The molecule has 0 atom stereocenters. The van der Waals surface area contributed by atoms with E-state index in [0.717, 1.165) is 28.3 Å². The first kappa shape index (κ1) is 29.9. The summed E-state index contributed by atoms with van der Waals surface area (Å²) in [5.74, 6) is -4.41. The van der Waals surface area contributed by atoms with Crippen molar-refractivity contribution >= 4 is 27.6 Å². The van der Waals surface area contributed by atoms with E-state index in [1.165, 1.54) is 7.11 Å². The Labute approximate surface area is 231 Å². The van der Waals surface area contributed by atoms with Crippen LogP contribution in [-0.4, -0.2) is 55.8 Å². The van der Waals surface area contributed by atoms with Crippen LogP contribution in [0.15, 0.2) is 48.8 Å². The van der Waals surface area contributed by atoms with E-state index < -0.39 is 29.7 Å². The molecule has 2 aromatic carbocycles. The van der Waals surface area contributed by atoms with Gasteiger partial charge >= 0.3 is 12.3 Å². The number of halogens is 5. The number of carbonyl (C=O) groups excluding carboxylic acids is 1. The summed E-state index contributed by atoms with van der Waals surface area (Å²) >= 11 is 0. The van der Waals surface area contributed by atoms with Crippen LogP contribution in [0.2, 0.25) is 0 Å². The van der Waals surface area contributed by atoms with Crippen molar-refractivity contribution in [3.8, 4) is 11.6 Å². The number of hydrogen-bond acceptors (Lipinski definition) is 8. The lowest BCUT2D eigenvalue weighted by Crippen LogP contribution is -2.20. The van der Waals surface area contributed by atoms with Crippen LogP contribution in [0, 0.1) is 11.6 Å². The Bertz CT molecular complexity index is 1490. The van der Waals surface area contributed by atoms with E-state index in [4.69, 9.17) is 14.2 Å². The Morgan fingerprint density at radius 2 is 1.73 bits per heavy atom. The number of aromatic nitrogens is 2. The fraction of sp³-hybridized carbons (Fsp3) is 0.321. The second-order valence-electron chi connectivity index (χ2n) is 8.84. The van der Waals surface area contributed by atoms with Crippen molar-refractivity contribution in [3.63, 3.8) is 0 Å². The van der Waals surface area contributed by atoms with Crippen molar-refractivity contribution in [2.75, 3.05) is 33.5 Å². The number of ether oxygens (including phenoxy) is 4. The third kappa shape index (κ3) is 7.98. The van der Waals surface area contributed by atoms with Gasteiger partial charge in [-0.3, -0.25) is 4.98 Å². The lowest BCUT2D eigenvalue weighted by molar-refractivity contribution is -0.276. The topological polar surface area (TPSA) is 91.8 Å².